The molecule has 0 fully saturated rings. The van der Waals surface area contributed by atoms with Crippen LogP contribution in [0.15, 0.2) is 72.3 Å². The zero-order valence-electron chi connectivity index (χ0n) is 15.4. The minimum absolute atomic E-state index is 0.0276. The Hall–Kier alpha value is -3.74. The van der Waals surface area contributed by atoms with E-state index in [9.17, 15) is 9.59 Å². The van der Waals surface area contributed by atoms with Gasteiger partial charge in [-0.3, -0.25) is 14.0 Å². The van der Waals surface area contributed by atoms with Crippen molar-refractivity contribution in [2.75, 3.05) is 0 Å². The summed E-state index contributed by atoms with van der Waals surface area (Å²) in [6.45, 7) is 2.96. The first kappa shape index (κ1) is 17.7. The molecule has 3 heterocycles. The maximum atomic E-state index is 12.6. The largest absolute Gasteiger partial charge is 0.348 e. The van der Waals surface area contributed by atoms with E-state index in [1.54, 1.807) is 24.8 Å². The highest BCUT2D eigenvalue weighted by molar-refractivity contribution is 5.93. The van der Waals surface area contributed by atoms with Crippen LogP contribution in [0.3, 0.4) is 0 Å². The minimum atomic E-state index is -0.434. The number of aryl methyl sites for hydroxylation is 1. The Morgan fingerprint density at radius 1 is 1.11 bits per heavy atom. The maximum Gasteiger partial charge on any atom is 0.270 e. The first-order valence-electron chi connectivity index (χ1n) is 8.90. The third-order valence-corrected chi connectivity index (χ3v) is 4.49. The van der Waals surface area contributed by atoms with Crippen LogP contribution >= 0.6 is 0 Å². The van der Waals surface area contributed by atoms with Gasteiger partial charge in [-0.15, -0.1) is 0 Å². The number of aromatic nitrogens is 4. The third-order valence-electron chi connectivity index (χ3n) is 4.49. The highest BCUT2D eigenvalue weighted by Gasteiger charge is 2.13. The van der Waals surface area contributed by atoms with Gasteiger partial charge in [-0.25, -0.2) is 9.97 Å². The van der Waals surface area contributed by atoms with E-state index in [0.29, 0.717) is 12.2 Å². The van der Waals surface area contributed by atoms with Crippen molar-refractivity contribution < 1.29 is 4.79 Å². The van der Waals surface area contributed by atoms with Gasteiger partial charge in [-0.2, -0.15) is 0 Å². The molecule has 28 heavy (non-hydrogen) atoms. The van der Waals surface area contributed by atoms with Gasteiger partial charge in [0, 0.05) is 37.9 Å². The molecule has 0 aliphatic rings. The standard InChI is InChI=1S/C21H19N5O2/c1-15-2-7-19-23-11-18(21(28)26(19)12-15)20(27)24-10-16-3-5-17(6-4-16)13-25-9-8-22-14-25/h2-9,11-12,14H,10,13H2,1H3,(H,24,27). The number of pyridine rings is 1. The normalized spacial score (nSPS) is 10.9. The van der Waals surface area contributed by atoms with E-state index in [-0.39, 0.29) is 11.1 Å². The molecule has 4 rings (SSSR count). The lowest BCUT2D eigenvalue weighted by Crippen LogP contribution is -2.31. The summed E-state index contributed by atoms with van der Waals surface area (Å²) in [4.78, 5) is 33.3. The molecule has 1 amide bonds. The van der Waals surface area contributed by atoms with Crippen LogP contribution in [0.5, 0.6) is 0 Å². The van der Waals surface area contributed by atoms with E-state index in [2.05, 4.69) is 15.3 Å². The number of imidazole rings is 1. The molecule has 0 radical (unpaired) electrons. The average molecular weight is 373 g/mol. The second-order valence-electron chi connectivity index (χ2n) is 6.65. The molecule has 0 aliphatic heterocycles. The van der Waals surface area contributed by atoms with Crippen LogP contribution < -0.4 is 10.9 Å². The van der Waals surface area contributed by atoms with Crippen LogP contribution in [-0.4, -0.2) is 24.8 Å². The zero-order valence-corrected chi connectivity index (χ0v) is 15.4. The average Bonchev–Trinajstić information content (AvgIpc) is 3.21. The van der Waals surface area contributed by atoms with Gasteiger partial charge in [0.15, 0.2) is 0 Å². The Morgan fingerprint density at radius 2 is 1.89 bits per heavy atom. The van der Waals surface area contributed by atoms with Crippen LogP contribution in [0.1, 0.15) is 27.0 Å². The van der Waals surface area contributed by atoms with E-state index in [1.165, 1.54) is 10.6 Å². The molecule has 1 aromatic carbocycles. The first-order valence-corrected chi connectivity index (χ1v) is 8.90. The molecule has 140 valence electrons. The van der Waals surface area contributed by atoms with Gasteiger partial charge in [0.1, 0.15) is 11.2 Å². The van der Waals surface area contributed by atoms with Crippen molar-refractivity contribution in [1.82, 2.24) is 24.3 Å². The lowest BCUT2D eigenvalue weighted by molar-refractivity contribution is 0.0949. The van der Waals surface area contributed by atoms with Crippen LogP contribution in [0.2, 0.25) is 0 Å². The highest BCUT2D eigenvalue weighted by Crippen LogP contribution is 2.07. The number of hydrogen-bond donors (Lipinski definition) is 1. The van der Waals surface area contributed by atoms with Gasteiger partial charge < -0.3 is 9.88 Å². The molecule has 0 atom stereocenters. The van der Waals surface area contributed by atoms with Gasteiger partial charge in [-0.1, -0.05) is 30.3 Å². The quantitative estimate of drug-likeness (QED) is 0.581. The van der Waals surface area contributed by atoms with Crippen molar-refractivity contribution in [3.05, 3.63) is 100 Å². The first-order chi connectivity index (χ1) is 13.6. The Labute approximate surface area is 161 Å². The van der Waals surface area contributed by atoms with Gasteiger partial charge in [0.25, 0.3) is 11.5 Å². The van der Waals surface area contributed by atoms with Crippen molar-refractivity contribution >= 4 is 11.6 Å². The molecule has 7 nitrogen and oxygen atoms in total. The van der Waals surface area contributed by atoms with E-state index < -0.39 is 5.91 Å². The topological polar surface area (TPSA) is 81.3 Å². The monoisotopic (exact) mass is 373 g/mol. The second kappa shape index (κ2) is 7.48. The number of carbonyl (C=O) groups is 1. The van der Waals surface area contributed by atoms with E-state index >= 15 is 0 Å². The van der Waals surface area contributed by atoms with Crippen molar-refractivity contribution in [2.45, 2.75) is 20.0 Å². The van der Waals surface area contributed by atoms with Crippen LogP contribution in [0.4, 0.5) is 0 Å². The number of amides is 1. The van der Waals surface area contributed by atoms with Crippen molar-refractivity contribution in [2.24, 2.45) is 0 Å². The Kier molecular flexibility index (Phi) is 4.72. The number of rotatable bonds is 5. The van der Waals surface area contributed by atoms with Gasteiger partial charge in [-0.05, 0) is 29.7 Å². The number of hydrogen-bond acceptors (Lipinski definition) is 4. The predicted octanol–water partition coefficient (Wildman–Crippen LogP) is 2.18. The smallest absolute Gasteiger partial charge is 0.270 e. The number of carbonyl (C=O) groups excluding carboxylic acids is 1. The van der Waals surface area contributed by atoms with Crippen LogP contribution in [0, 0.1) is 6.92 Å². The Balaban J connectivity index is 1.45. The molecule has 7 heteroatoms. The van der Waals surface area contributed by atoms with E-state index in [0.717, 1.165) is 23.2 Å². The second-order valence-corrected chi connectivity index (χ2v) is 6.65. The lowest BCUT2D eigenvalue weighted by atomic mass is 10.1. The molecule has 0 saturated carbocycles. The summed E-state index contributed by atoms with van der Waals surface area (Å²) >= 11 is 0. The molecular weight excluding hydrogens is 354 g/mol. The summed E-state index contributed by atoms with van der Waals surface area (Å²) in [6, 6.07) is 11.6. The summed E-state index contributed by atoms with van der Waals surface area (Å²) in [6.07, 6.45) is 8.43. The SMILES string of the molecule is Cc1ccc2ncc(C(=O)NCc3ccc(Cn4ccnc4)cc3)c(=O)n2c1. The number of nitrogens with one attached hydrogen (secondary N) is 1. The number of fused-ring (bicyclic) bond motifs is 1. The van der Waals surface area contributed by atoms with Crippen molar-refractivity contribution in [3.63, 3.8) is 0 Å². The zero-order chi connectivity index (χ0) is 19.5. The molecule has 1 N–H and O–H groups in total. The van der Waals surface area contributed by atoms with Gasteiger partial charge in [0.2, 0.25) is 0 Å². The third kappa shape index (κ3) is 3.68. The fraction of sp³-hybridized carbons (Fsp3) is 0.143. The molecular formula is C21H19N5O2. The number of benzene rings is 1. The van der Waals surface area contributed by atoms with E-state index in [4.69, 9.17) is 0 Å². The molecule has 4 aromatic rings. The van der Waals surface area contributed by atoms with Crippen LogP contribution in [-0.2, 0) is 13.1 Å². The van der Waals surface area contributed by atoms with Crippen LogP contribution in [0.25, 0.3) is 5.65 Å². The number of nitrogens with zero attached hydrogens (tertiary/aromatic N) is 4. The highest BCUT2D eigenvalue weighted by atomic mass is 16.2. The van der Waals surface area contributed by atoms with Gasteiger partial charge >= 0.3 is 0 Å². The van der Waals surface area contributed by atoms with Crippen molar-refractivity contribution in [1.29, 1.82) is 0 Å². The molecule has 0 bridgehead atoms. The lowest BCUT2D eigenvalue weighted by Gasteiger charge is -2.08. The molecule has 0 unspecified atom stereocenters. The Morgan fingerprint density at radius 3 is 2.64 bits per heavy atom. The summed E-state index contributed by atoms with van der Waals surface area (Å²) < 4.78 is 3.38. The molecule has 0 spiro atoms. The predicted molar refractivity (Wildman–Crippen MR) is 105 cm³/mol. The summed E-state index contributed by atoms with van der Waals surface area (Å²) in [7, 11) is 0. The van der Waals surface area contributed by atoms with E-state index in [1.807, 2.05) is 48.0 Å². The summed E-state index contributed by atoms with van der Waals surface area (Å²) in [5.74, 6) is -0.434. The fourth-order valence-corrected chi connectivity index (χ4v) is 2.97. The fourth-order valence-electron chi connectivity index (χ4n) is 2.97. The molecule has 0 saturated heterocycles. The van der Waals surface area contributed by atoms with Gasteiger partial charge in [0.05, 0.1) is 6.33 Å². The summed E-state index contributed by atoms with van der Waals surface area (Å²) in [5.41, 5.74) is 3.18. The molecule has 3 aromatic heterocycles. The summed E-state index contributed by atoms with van der Waals surface area (Å²) in [5, 5.41) is 2.79. The minimum Gasteiger partial charge on any atom is -0.348 e. The maximum absolute atomic E-state index is 12.6. The Bertz CT molecular complexity index is 1180. The molecule has 0 aliphatic carbocycles. The van der Waals surface area contributed by atoms with Crippen molar-refractivity contribution in [3.8, 4) is 0 Å².